The molecule has 0 amide bonds. The summed E-state index contributed by atoms with van der Waals surface area (Å²) in [7, 11) is 0. The Balaban J connectivity index is 1.48. The van der Waals surface area contributed by atoms with Crippen molar-refractivity contribution in [3.63, 3.8) is 0 Å². The van der Waals surface area contributed by atoms with Gasteiger partial charge in [0.25, 0.3) is 5.92 Å². The van der Waals surface area contributed by atoms with Crippen LogP contribution in [0.1, 0.15) is 54.6 Å². The van der Waals surface area contributed by atoms with E-state index in [2.05, 4.69) is 16.8 Å². The molecule has 0 bridgehead atoms. The van der Waals surface area contributed by atoms with Gasteiger partial charge in [0.1, 0.15) is 12.4 Å². The number of hydrogen-bond acceptors (Lipinski definition) is 3. The Morgan fingerprint density at radius 2 is 1.92 bits per heavy atom. The number of aliphatic hydroxyl groups excluding tert-OH is 1. The van der Waals surface area contributed by atoms with Crippen LogP contribution >= 0.6 is 0 Å². The number of hydrogen-bond donors (Lipinski definition) is 2. The molecule has 3 atom stereocenters. The van der Waals surface area contributed by atoms with Crippen LogP contribution in [-0.2, 0) is 6.42 Å². The third-order valence-electron chi connectivity index (χ3n) is 8.31. The molecule has 0 radical (unpaired) electrons. The first-order valence-corrected chi connectivity index (χ1v) is 13.1. The fourth-order valence-electron chi connectivity index (χ4n) is 6.12. The van der Waals surface area contributed by atoms with E-state index in [0.717, 1.165) is 47.4 Å². The predicted molar refractivity (Wildman–Crippen MR) is 137 cm³/mol. The molecule has 3 aromatic rings. The van der Waals surface area contributed by atoms with Gasteiger partial charge in [-0.2, -0.15) is 0 Å². The van der Waals surface area contributed by atoms with Crippen LogP contribution in [0.4, 0.5) is 17.6 Å². The number of para-hydroxylation sites is 1. The number of aromatic amines is 1. The number of halogens is 4. The average molecular weight is 518 g/mol. The van der Waals surface area contributed by atoms with Gasteiger partial charge in [-0.25, -0.2) is 13.2 Å². The molecule has 4 nitrogen and oxygen atoms in total. The van der Waals surface area contributed by atoms with Crippen molar-refractivity contribution in [3.8, 4) is 0 Å². The van der Waals surface area contributed by atoms with Crippen molar-refractivity contribution in [2.24, 2.45) is 5.92 Å². The number of aliphatic hydroxyl groups is 1. The predicted octanol–water partition coefficient (Wildman–Crippen LogP) is 5.67. The summed E-state index contributed by atoms with van der Waals surface area (Å²) in [6.07, 6.45) is 1.08. The summed E-state index contributed by atoms with van der Waals surface area (Å²) in [5.74, 6) is -3.22. The van der Waals surface area contributed by atoms with Crippen LogP contribution in [0.25, 0.3) is 10.9 Å². The SMILES string of the molecule is C[C@H](c1ccc(C2c3[nH]c4ccccc4c3C[C@@H](C)N2CC(F)(F)CO)c(F)c1)C1CN(CCCF)C1. The van der Waals surface area contributed by atoms with Gasteiger partial charge in [-0.3, -0.25) is 9.29 Å². The Labute approximate surface area is 215 Å². The summed E-state index contributed by atoms with van der Waals surface area (Å²) in [5.41, 5.74) is 3.88. The highest BCUT2D eigenvalue weighted by atomic mass is 19.3. The maximum Gasteiger partial charge on any atom is 0.283 e. The van der Waals surface area contributed by atoms with Crippen molar-refractivity contribution in [3.05, 3.63) is 70.7 Å². The van der Waals surface area contributed by atoms with Crippen molar-refractivity contribution in [2.75, 3.05) is 39.5 Å². The van der Waals surface area contributed by atoms with Gasteiger partial charge in [-0.15, -0.1) is 0 Å². The summed E-state index contributed by atoms with van der Waals surface area (Å²) in [4.78, 5) is 7.22. The number of nitrogens with one attached hydrogen (secondary N) is 1. The van der Waals surface area contributed by atoms with Gasteiger partial charge in [0.05, 0.1) is 19.3 Å². The van der Waals surface area contributed by atoms with Gasteiger partial charge in [0.2, 0.25) is 0 Å². The van der Waals surface area contributed by atoms with E-state index in [-0.39, 0.29) is 18.6 Å². The fourth-order valence-corrected chi connectivity index (χ4v) is 6.12. The lowest BCUT2D eigenvalue weighted by atomic mass is 9.81. The zero-order valence-corrected chi connectivity index (χ0v) is 21.4. The van der Waals surface area contributed by atoms with Crippen LogP contribution in [-0.4, -0.2) is 71.3 Å². The zero-order chi connectivity index (χ0) is 26.3. The minimum absolute atomic E-state index is 0.133. The van der Waals surface area contributed by atoms with E-state index in [9.17, 15) is 18.3 Å². The molecule has 2 N–H and O–H groups in total. The topological polar surface area (TPSA) is 42.5 Å². The van der Waals surface area contributed by atoms with Crippen molar-refractivity contribution < 1.29 is 22.7 Å². The number of likely N-dealkylation sites (tertiary alicyclic amines) is 1. The van der Waals surface area contributed by atoms with E-state index in [4.69, 9.17) is 0 Å². The van der Waals surface area contributed by atoms with Gasteiger partial charge in [-0.1, -0.05) is 37.3 Å². The minimum Gasteiger partial charge on any atom is -0.390 e. The van der Waals surface area contributed by atoms with Gasteiger partial charge in [0.15, 0.2) is 0 Å². The molecule has 5 rings (SSSR count). The number of H-pyrrole nitrogens is 1. The molecule has 200 valence electrons. The van der Waals surface area contributed by atoms with Crippen LogP contribution < -0.4 is 0 Å². The highest BCUT2D eigenvalue weighted by Crippen LogP contribution is 2.43. The minimum atomic E-state index is -3.31. The Morgan fingerprint density at radius 1 is 1.16 bits per heavy atom. The Bertz CT molecular complexity index is 1240. The molecule has 37 heavy (non-hydrogen) atoms. The van der Waals surface area contributed by atoms with Gasteiger partial charge in [-0.05, 0) is 54.9 Å². The molecule has 0 saturated carbocycles. The number of fused-ring (bicyclic) bond motifs is 3. The van der Waals surface area contributed by atoms with Crippen molar-refractivity contribution in [1.29, 1.82) is 0 Å². The summed E-state index contributed by atoms with van der Waals surface area (Å²) in [5, 5.41) is 10.3. The molecule has 1 saturated heterocycles. The van der Waals surface area contributed by atoms with Gasteiger partial charge < -0.3 is 15.0 Å². The van der Waals surface area contributed by atoms with Crippen molar-refractivity contribution in [2.45, 2.75) is 50.6 Å². The molecule has 0 spiro atoms. The number of rotatable bonds is 9. The highest BCUT2D eigenvalue weighted by molar-refractivity contribution is 5.85. The smallest absolute Gasteiger partial charge is 0.283 e. The molecule has 8 heteroatoms. The second-order valence-corrected chi connectivity index (χ2v) is 10.8. The first kappa shape index (κ1) is 26.2. The molecule has 2 aliphatic heterocycles. The first-order chi connectivity index (χ1) is 17.7. The Kier molecular flexibility index (Phi) is 7.35. The molecule has 1 unspecified atom stereocenters. The lowest BCUT2D eigenvalue weighted by Crippen LogP contribution is -2.49. The van der Waals surface area contributed by atoms with Gasteiger partial charge in [0, 0.05) is 47.8 Å². The monoisotopic (exact) mass is 517 g/mol. The maximum absolute atomic E-state index is 15.9. The van der Waals surface area contributed by atoms with E-state index < -0.39 is 30.9 Å². The van der Waals surface area contributed by atoms with Crippen molar-refractivity contribution in [1.82, 2.24) is 14.8 Å². The number of benzene rings is 2. The van der Waals surface area contributed by atoms with Crippen molar-refractivity contribution >= 4 is 10.9 Å². The maximum atomic E-state index is 15.9. The first-order valence-electron chi connectivity index (χ1n) is 13.1. The highest BCUT2D eigenvalue weighted by Gasteiger charge is 2.42. The van der Waals surface area contributed by atoms with Crippen LogP contribution in [0.15, 0.2) is 42.5 Å². The molecule has 2 aliphatic rings. The summed E-state index contributed by atoms with van der Waals surface area (Å²) in [6.45, 7) is 4.20. The quantitative estimate of drug-likeness (QED) is 0.360. The molecule has 0 aliphatic carbocycles. The molecule has 1 aromatic heterocycles. The second-order valence-electron chi connectivity index (χ2n) is 10.8. The average Bonchev–Trinajstić information content (AvgIpc) is 3.21. The lowest BCUT2D eigenvalue weighted by Gasteiger charge is -2.43. The van der Waals surface area contributed by atoms with E-state index in [0.29, 0.717) is 24.3 Å². The second kappa shape index (κ2) is 10.4. The fraction of sp³-hybridized carbons (Fsp3) is 0.517. The number of alkyl halides is 3. The third-order valence-corrected chi connectivity index (χ3v) is 8.31. The molecule has 1 fully saturated rings. The van der Waals surface area contributed by atoms with E-state index >= 15 is 4.39 Å². The molecule has 3 heterocycles. The van der Waals surface area contributed by atoms with Crippen LogP contribution in [0.3, 0.4) is 0 Å². The van der Waals surface area contributed by atoms with Crippen LogP contribution in [0.2, 0.25) is 0 Å². The Morgan fingerprint density at radius 3 is 2.62 bits per heavy atom. The normalized spacial score (nSPS) is 22.2. The molecular weight excluding hydrogens is 482 g/mol. The Hall–Kier alpha value is -2.42. The van der Waals surface area contributed by atoms with E-state index in [1.807, 2.05) is 37.3 Å². The van der Waals surface area contributed by atoms with Crippen LogP contribution in [0, 0.1) is 11.7 Å². The van der Waals surface area contributed by atoms with E-state index in [1.165, 1.54) is 0 Å². The standard InChI is InChI=1S/C29H35F4N3O/c1-18-12-24-22-6-3-4-7-26(22)34-27(24)28(36(18)16-29(32,33)17-37)23-9-8-20(13-25(23)31)19(2)21-14-35(15-21)11-5-10-30/h3-4,6-9,13,18-19,21,28,34,37H,5,10-12,14-17H2,1-2H3/t18-,19-,28?/m1/s1. The molecule has 2 aromatic carbocycles. The zero-order valence-electron chi connectivity index (χ0n) is 21.4. The summed E-state index contributed by atoms with van der Waals surface area (Å²) >= 11 is 0. The summed E-state index contributed by atoms with van der Waals surface area (Å²) in [6, 6.07) is 12.0. The number of aromatic nitrogens is 1. The number of nitrogens with zero attached hydrogens (tertiary/aromatic N) is 2. The van der Waals surface area contributed by atoms with E-state index in [1.54, 1.807) is 17.0 Å². The largest absolute Gasteiger partial charge is 0.390 e. The summed E-state index contributed by atoms with van der Waals surface area (Å²) < 4.78 is 57.3. The lowest BCUT2D eigenvalue weighted by molar-refractivity contribution is -0.0866. The third kappa shape index (κ3) is 5.03. The molecular formula is C29H35F4N3O. The van der Waals surface area contributed by atoms with Crippen LogP contribution in [0.5, 0.6) is 0 Å². The van der Waals surface area contributed by atoms with Gasteiger partial charge >= 0.3 is 0 Å².